The molecule has 9 nitrogen and oxygen atoms in total. The Morgan fingerprint density at radius 3 is 2.54 bits per heavy atom. The number of hydrogen-bond donors (Lipinski definition) is 1. The lowest BCUT2D eigenvalue weighted by atomic mass is 10.1. The van der Waals surface area contributed by atoms with E-state index in [4.69, 9.17) is 4.74 Å². The van der Waals surface area contributed by atoms with E-state index >= 15 is 0 Å². The minimum atomic E-state index is -0.458. The molecule has 0 bridgehead atoms. The summed E-state index contributed by atoms with van der Waals surface area (Å²) in [5.74, 6) is -0.324. The molecule has 1 aliphatic heterocycles. The summed E-state index contributed by atoms with van der Waals surface area (Å²) in [5.41, 5.74) is -0.633. The van der Waals surface area contributed by atoms with E-state index in [-0.39, 0.29) is 23.6 Å². The number of aromatic nitrogens is 2. The molecule has 2 heterocycles. The van der Waals surface area contributed by atoms with E-state index in [0.717, 1.165) is 4.57 Å². The fourth-order valence-electron chi connectivity index (χ4n) is 2.79. The van der Waals surface area contributed by atoms with Gasteiger partial charge in [0.25, 0.3) is 5.56 Å². The Balaban J connectivity index is 1.92. The minimum Gasteiger partial charge on any atom is -0.450 e. The predicted molar refractivity (Wildman–Crippen MR) is 95.7 cm³/mol. The zero-order valence-corrected chi connectivity index (χ0v) is 15.2. The number of amides is 2. The summed E-state index contributed by atoms with van der Waals surface area (Å²) < 4.78 is 7.23. The van der Waals surface area contributed by atoms with Crippen LogP contribution in [0.25, 0.3) is 6.08 Å². The fraction of sp³-hybridized carbons (Fsp3) is 0.529. The van der Waals surface area contributed by atoms with Gasteiger partial charge in [-0.25, -0.2) is 9.59 Å². The van der Waals surface area contributed by atoms with Crippen LogP contribution in [0.4, 0.5) is 4.79 Å². The zero-order chi connectivity index (χ0) is 19.3. The summed E-state index contributed by atoms with van der Waals surface area (Å²) in [6.07, 6.45) is 5.01. The maximum atomic E-state index is 12.1. The molecule has 0 atom stereocenters. The maximum Gasteiger partial charge on any atom is 0.409 e. The van der Waals surface area contributed by atoms with Crippen molar-refractivity contribution in [3.05, 3.63) is 38.7 Å². The van der Waals surface area contributed by atoms with Gasteiger partial charge in [-0.2, -0.15) is 0 Å². The van der Waals surface area contributed by atoms with Crippen molar-refractivity contribution in [1.82, 2.24) is 19.4 Å². The van der Waals surface area contributed by atoms with Crippen LogP contribution >= 0.6 is 0 Å². The Kier molecular flexibility index (Phi) is 6.37. The molecule has 0 aromatic carbocycles. The van der Waals surface area contributed by atoms with Crippen molar-refractivity contribution >= 4 is 18.1 Å². The van der Waals surface area contributed by atoms with Gasteiger partial charge in [-0.05, 0) is 25.8 Å². The Labute approximate surface area is 150 Å². The van der Waals surface area contributed by atoms with Crippen molar-refractivity contribution in [3.8, 4) is 0 Å². The summed E-state index contributed by atoms with van der Waals surface area (Å²) in [7, 11) is 2.93. The lowest BCUT2D eigenvalue weighted by Crippen LogP contribution is -2.46. The molecule has 9 heteroatoms. The van der Waals surface area contributed by atoms with Crippen LogP contribution in [-0.4, -0.2) is 51.8 Å². The van der Waals surface area contributed by atoms with E-state index in [0.29, 0.717) is 32.5 Å². The van der Waals surface area contributed by atoms with E-state index in [2.05, 4.69) is 5.32 Å². The molecule has 1 saturated heterocycles. The number of ether oxygens (including phenoxy) is 1. The lowest BCUT2D eigenvalue weighted by Gasteiger charge is -2.31. The Morgan fingerprint density at radius 1 is 1.27 bits per heavy atom. The van der Waals surface area contributed by atoms with Crippen LogP contribution in [0.15, 0.2) is 21.9 Å². The van der Waals surface area contributed by atoms with Gasteiger partial charge in [-0.1, -0.05) is 0 Å². The minimum absolute atomic E-state index is 0.0409. The molecule has 0 spiro atoms. The normalized spacial score (nSPS) is 15.3. The molecular weight excluding hydrogens is 340 g/mol. The van der Waals surface area contributed by atoms with Crippen molar-refractivity contribution < 1.29 is 14.3 Å². The van der Waals surface area contributed by atoms with E-state index in [9.17, 15) is 19.2 Å². The number of piperidine rings is 1. The second-order valence-electron chi connectivity index (χ2n) is 6.14. The summed E-state index contributed by atoms with van der Waals surface area (Å²) in [5, 5.41) is 2.86. The van der Waals surface area contributed by atoms with Gasteiger partial charge in [0.1, 0.15) is 0 Å². The molecular formula is C17H24N4O5. The first-order valence-corrected chi connectivity index (χ1v) is 8.50. The summed E-state index contributed by atoms with van der Waals surface area (Å²) in [4.78, 5) is 49.0. The number of hydrogen-bond acceptors (Lipinski definition) is 5. The fourth-order valence-corrected chi connectivity index (χ4v) is 2.79. The van der Waals surface area contributed by atoms with E-state index < -0.39 is 11.2 Å². The second-order valence-corrected chi connectivity index (χ2v) is 6.14. The van der Waals surface area contributed by atoms with Crippen molar-refractivity contribution in [2.75, 3.05) is 19.7 Å². The Hall–Kier alpha value is -2.84. The van der Waals surface area contributed by atoms with Gasteiger partial charge < -0.3 is 19.5 Å². The van der Waals surface area contributed by atoms with Crippen LogP contribution in [0.1, 0.15) is 25.3 Å². The molecule has 0 unspecified atom stereocenters. The van der Waals surface area contributed by atoms with Crippen molar-refractivity contribution in [1.29, 1.82) is 0 Å². The maximum absolute atomic E-state index is 12.1. The monoisotopic (exact) mass is 364 g/mol. The van der Waals surface area contributed by atoms with Gasteiger partial charge in [0.05, 0.1) is 12.2 Å². The summed E-state index contributed by atoms with van der Waals surface area (Å²) >= 11 is 0. The average Bonchev–Trinajstić information content (AvgIpc) is 2.62. The van der Waals surface area contributed by atoms with Crippen molar-refractivity contribution in [3.63, 3.8) is 0 Å². The molecule has 1 aromatic heterocycles. The Morgan fingerprint density at radius 2 is 1.92 bits per heavy atom. The van der Waals surface area contributed by atoms with Gasteiger partial charge in [-0.3, -0.25) is 14.2 Å². The van der Waals surface area contributed by atoms with E-state index in [1.54, 1.807) is 11.8 Å². The van der Waals surface area contributed by atoms with E-state index in [1.807, 2.05) is 0 Å². The van der Waals surface area contributed by atoms with E-state index in [1.165, 1.54) is 37.0 Å². The molecule has 1 aliphatic rings. The predicted octanol–water partition coefficient (Wildman–Crippen LogP) is -0.166. The topological polar surface area (TPSA) is 103 Å². The van der Waals surface area contributed by atoms with Gasteiger partial charge in [0, 0.05) is 45.5 Å². The second kappa shape index (κ2) is 8.50. The van der Waals surface area contributed by atoms with Crippen LogP contribution in [0.3, 0.4) is 0 Å². The number of rotatable bonds is 4. The van der Waals surface area contributed by atoms with Crippen LogP contribution < -0.4 is 16.6 Å². The number of carbonyl (C=O) groups excluding carboxylic acids is 2. The highest BCUT2D eigenvalue weighted by Gasteiger charge is 2.24. The third-order valence-electron chi connectivity index (χ3n) is 4.25. The number of aryl methyl sites for hydroxylation is 1. The molecule has 142 valence electrons. The molecule has 0 aliphatic carbocycles. The standard InChI is InChI=1S/C17H24N4O5/c1-4-26-17(25)21-9-7-13(8-10-21)18-14(22)6-5-12-11-19(2)16(24)20(3)15(12)23/h5-6,11,13H,4,7-10H2,1-3H3,(H,18,22)/b6-5+. The largest absolute Gasteiger partial charge is 0.450 e. The lowest BCUT2D eigenvalue weighted by molar-refractivity contribution is -0.117. The number of nitrogens with one attached hydrogen (secondary N) is 1. The first-order valence-electron chi connectivity index (χ1n) is 8.50. The summed E-state index contributed by atoms with van der Waals surface area (Å²) in [6, 6.07) is -0.0409. The highest BCUT2D eigenvalue weighted by atomic mass is 16.6. The third kappa shape index (κ3) is 4.62. The molecule has 1 N–H and O–H groups in total. The van der Waals surface area contributed by atoms with Gasteiger partial charge in [-0.15, -0.1) is 0 Å². The molecule has 2 rings (SSSR count). The molecule has 0 saturated carbocycles. The van der Waals surface area contributed by atoms with Crippen LogP contribution in [0.2, 0.25) is 0 Å². The molecule has 1 aromatic rings. The van der Waals surface area contributed by atoms with Crippen molar-refractivity contribution in [2.24, 2.45) is 14.1 Å². The zero-order valence-electron chi connectivity index (χ0n) is 15.2. The first kappa shape index (κ1) is 19.5. The van der Waals surface area contributed by atoms with Gasteiger partial charge in [0.15, 0.2) is 0 Å². The Bertz CT molecular complexity index is 815. The molecule has 2 amide bonds. The SMILES string of the molecule is CCOC(=O)N1CCC(NC(=O)/C=C/c2cn(C)c(=O)n(C)c2=O)CC1. The quantitative estimate of drug-likeness (QED) is 0.748. The highest BCUT2D eigenvalue weighted by Crippen LogP contribution is 2.11. The average molecular weight is 364 g/mol. The van der Waals surface area contributed by atoms with Crippen LogP contribution in [-0.2, 0) is 23.6 Å². The van der Waals surface area contributed by atoms with Gasteiger partial charge in [0.2, 0.25) is 5.91 Å². The highest BCUT2D eigenvalue weighted by molar-refractivity contribution is 5.91. The third-order valence-corrected chi connectivity index (χ3v) is 4.25. The number of likely N-dealkylation sites (tertiary alicyclic amines) is 1. The molecule has 1 fully saturated rings. The van der Waals surface area contributed by atoms with Gasteiger partial charge >= 0.3 is 11.8 Å². The van der Waals surface area contributed by atoms with Crippen LogP contribution in [0, 0.1) is 0 Å². The first-order chi connectivity index (χ1) is 12.3. The smallest absolute Gasteiger partial charge is 0.409 e. The number of nitrogens with zero attached hydrogens (tertiary/aromatic N) is 3. The van der Waals surface area contributed by atoms with Crippen molar-refractivity contribution in [2.45, 2.75) is 25.8 Å². The molecule has 26 heavy (non-hydrogen) atoms. The van der Waals surface area contributed by atoms with Crippen LogP contribution in [0.5, 0.6) is 0 Å². The molecule has 0 radical (unpaired) electrons. The number of carbonyl (C=O) groups is 2. The summed E-state index contributed by atoms with van der Waals surface area (Å²) in [6.45, 7) is 3.14.